The number of carbonyl (C=O) groups excluding carboxylic acids is 3. The maximum absolute atomic E-state index is 12.6. The first kappa shape index (κ1) is 29.2. The minimum atomic E-state index is -1.76. The van der Waals surface area contributed by atoms with E-state index in [1.54, 1.807) is 0 Å². The second-order valence-corrected chi connectivity index (χ2v) is 7.34. The number of nitrogens with two attached hydrogens (primary N) is 2. The van der Waals surface area contributed by atoms with Crippen molar-refractivity contribution in [2.45, 2.75) is 75.9 Å². The average Bonchev–Trinajstić information content (AvgIpc) is 2.67. The van der Waals surface area contributed by atoms with E-state index >= 15 is 0 Å². The summed E-state index contributed by atoms with van der Waals surface area (Å²) < 4.78 is 0. The Morgan fingerprint density at radius 1 is 0.812 bits per heavy atom. The first-order valence-corrected chi connectivity index (χ1v) is 9.99. The van der Waals surface area contributed by atoms with Crippen LogP contribution >= 0.6 is 0 Å². The number of aliphatic hydroxyl groups is 2. The smallest absolute Gasteiger partial charge is 0.328 e. The van der Waals surface area contributed by atoms with Crippen molar-refractivity contribution in [2.24, 2.45) is 11.5 Å². The molecule has 3 amide bonds. The van der Waals surface area contributed by atoms with Gasteiger partial charge in [0.15, 0.2) is 6.04 Å². The van der Waals surface area contributed by atoms with Gasteiger partial charge in [-0.15, -0.1) is 0 Å². The topological polar surface area (TPSA) is 254 Å². The molecule has 0 saturated carbocycles. The Labute approximate surface area is 184 Å². The number of hydrogen-bond acceptors (Lipinski definition) is 9. The summed E-state index contributed by atoms with van der Waals surface area (Å²) in [6, 6.07) is -6.07. The maximum atomic E-state index is 12.6. The Morgan fingerprint density at radius 3 is 1.78 bits per heavy atom. The van der Waals surface area contributed by atoms with E-state index in [1.807, 2.05) is 5.32 Å². The van der Waals surface area contributed by atoms with Gasteiger partial charge in [-0.3, -0.25) is 19.2 Å². The summed E-state index contributed by atoms with van der Waals surface area (Å²) in [5.74, 6) is -6.10. The van der Waals surface area contributed by atoms with Crippen LogP contribution in [0.5, 0.6) is 0 Å². The van der Waals surface area contributed by atoms with E-state index in [0.717, 1.165) is 6.92 Å². The van der Waals surface area contributed by atoms with Gasteiger partial charge >= 0.3 is 11.9 Å². The lowest BCUT2D eigenvalue weighted by Crippen LogP contribution is -2.60. The normalized spacial score (nSPS) is 16.6. The van der Waals surface area contributed by atoms with E-state index in [-0.39, 0.29) is 6.42 Å². The van der Waals surface area contributed by atoms with Crippen molar-refractivity contribution in [1.29, 1.82) is 0 Å². The fourth-order valence-electron chi connectivity index (χ4n) is 2.59. The molecule has 0 bridgehead atoms. The molecule has 0 fully saturated rings. The van der Waals surface area contributed by atoms with Crippen LogP contribution in [0, 0.1) is 0 Å². The van der Waals surface area contributed by atoms with Gasteiger partial charge in [0.25, 0.3) is 0 Å². The number of rotatable bonds is 15. The van der Waals surface area contributed by atoms with Crippen LogP contribution < -0.4 is 27.4 Å². The third kappa shape index (κ3) is 10.5. The molecule has 14 heteroatoms. The molecule has 14 nitrogen and oxygen atoms in total. The van der Waals surface area contributed by atoms with Crippen molar-refractivity contribution in [1.82, 2.24) is 16.0 Å². The highest BCUT2D eigenvalue weighted by Gasteiger charge is 2.34. The Kier molecular flexibility index (Phi) is 13.0. The van der Waals surface area contributed by atoms with E-state index in [0.29, 0.717) is 19.4 Å². The van der Waals surface area contributed by atoms with Gasteiger partial charge in [0.05, 0.1) is 24.7 Å². The fourth-order valence-corrected chi connectivity index (χ4v) is 2.59. The molecule has 0 aliphatic rings. The highest BCUT2D eigenvalue weighted by Crippen LogP contribution is 2.03. The zero-order valence-electron chi connectivity index (χ0n) is 18.0. The molecule has 0 spiro atoms. The van der Waals surface area contributed by atoms with Crippen LogP contribution in [0.2, 0.25) is 0 Å². The van der Waals surface area contributed by atoms with Crippen LogP contribution in [0.15, 0.2) is 0 Å². The van der Waals surface area contributed by atoms with Crippen molar-refractivity contribution in [3.8, 4) is 0 Å². The predicted octanol–water partition coefficient (Wildman–Crippen LogP) is -3.78. The van der Waals surface area contributed by atoms with Gasteiger partial charge in [0, 0.05) is 0 Å². The van der Waals surface area contributed by atoms with Gasteiger partial charge in [0.2, 0.25) is 17.7 Å². The monoisotopic (exact) mass is 463 g/mol. The zero-order chi connectivity index (χ0) is 25.0. The Hall–Kier alpha value is -2.81. The first-order valence-electron chi connectivity index (χ1n) is 9.99. The molecule has 6 atom stereocenters. The maximum Gasteiger partial charge on any atom is 0.328 e. The van der Waals surface area contributed by atoms with Crippen molar-refractivity contribution in [2.75, 3.05) is 6.54 Å². The molecular formula is C18H33N5O9. The summed E-state index contributed by atoms with van der Waals surface area (Å²) in [4.78, 5) is 59.4. The molecule has 0 aromatic carbocycles. The molecule has 0 aliphatic heterocycles. The van der Waals surface area contributed by atoms with Gasteiger partial charge in [-0.2, -0.15) is 0 Å². The number of nitrogens with one attached hydrogen (secondary N) is 3. The van der Waals surface area contributed by atoms with Gasteiger partial charge in [-0.25, -0.2) is 4.79 Å². The van der Waals surface area contributed by atoms with Crippen LogP contribution in [0.1, 0.15) is 39.5 Å². The number of carboxylic acids is 2. The number of hydrogen-bond donors (Lipinski definition) is 9. The molecule has 0 aliphatic carbocycles. The quantitative estimate of drug-likeness (QED) is 0.106. The molecule has 6 unspecified atom stereocenters. The van der Waals surface area contributed by atoms with Crippen molar-refractivity contribution in [3.05, 3.63) is 0 Å². The lowest BCUT2D eigenvalue weighted by Gasteiger charge is -2.26. The lowest BCUT2D eigenvalue weighted by molar-refractivity contribution is -0.146. The van der Waals surface area contributed by atoms with Gasteiger partial charge in [-0.05, 0) is 33.2 Å². The summed E-state index contributed by atoms with van der Waals surface area (Å²) in [5, 5.41) is 43.7. The van der Waals surface area contributed by atoms with E-state index in [1.165, 1.54) is 6.92 Å². The molecule has 0 aromatic rings. The number of unbranched alkanes of at least 4 members (excludes halogenated alkanes) is 1. The first-order chi connectivity index (χ1) is 14.8. The third-order valence-electron chi connectivity index (χ3n) is 4.43. The highest BCUT2D eigenvalue weighted by molar-refractivity contribution is 5.95. The molecule has 32 heavy (non-hydrogen) atoms. The van der Waals surface area contributed by atoms with Crippen LogP contribution in [0.3, 0.4) is 0 Å². The SMILES string of the molecule is CC(O)C(NC(=O)C(CC(=O)O)NC(=O)C(NC(=O)C(N)CCCCN)C(C)O)C(=O)O. The molecule has 0 saturated heterocycles. The standard InChI is InChI=1S/C18H33N5O9/c1-8(24)13(22-15(28)10(20)5-3-4-6-19)17(30)21-11(7-12(26)27)16(29)23-14(9(2)25)18(31)32/h8-11,13-14,24-25H,3-7,19-20H2,1-2H3,(H,21,30)(H,22,28)(H,23,29)(H,26,27)(H,31,32). The summed E-state index contributed by atoms with van der Waals surface area (Å²) in [7, 11) is 0. The molecule has 0 aromatic heterocycles. The molecule has 184 valence electrons. The Balaban J connectivity index is 5.35. The van der Waals surface area contributed by atoms with Crippen LogP contribution in [-0.4, -0.2) is 93.0 Å². The van der Waals surface area contributed by atoms with Crippen LogP contribution in [0.4, 0.5) is 0 Å². The Morgan fingerprint density at radius 2 is 1.34 bits per heavy atom. The zero-order valence-corrected chi connectivity index (χ0v) is 18.0. The summed E-state index contributed by atoms with van der Waals surface area (Å²) in [5.41, 5.74) is 11.1. The molecule has 0 rings (SSSR count). The average molecular weight is 463 g/mol. The highest BCUT2D eigenvalue weighted by atomic mass is 16.4. The molecule has 11 N–H and O–H groups in total. The van der Waals surface area contributed by atoms with Gasteiger partial charge in [-0.1, -0.05) is 6.42 Å². The van der Waals surface area contributed by atoms with E-state index in [4.69, 9.17) is 21.7 Å². The minimum Gasteiger partial charge on any atom is -0.481 e. The number of amides is 3. The Bertz CT molecular complexity index is 671. The summed E-state index contributed by atoms with van der Waals surface area (Å²) in [6.45, 7) is 2.70. The number of aliphatic hydroxyl groups excluding tert-OH is 2. The molecule has 0 radical (unpaired) electrons. The van der Waals surface area contributed by atoms with Crippen molar-refractivity contribution in [3.63, 3.8) is 0 Å². The number of aliphatic carboxylic acids is 2. The molecular weight excluding hydrogens is 430 g/mol. The second kappa shape index (κ2) is 14.3. The third-order valence-corrected chi connectivity index (χ3v) is 4.43. The second-order valence-electron chi connectivity index (χ2n) is 7.34. The van der Waals surface area contributed by atoms with Crippen LogP contribution in [0.25, 0.3) is 0 Å². The predicted molar refractivity (Wildman–Crippen MR) is 110 cm³/mol. The minimum absolute atomic E-state index is 0.275. The summed E-state index contributed by atoms with van der Waals surface area (Å²) >= 11 is 0. The largest absolute Gasteiger partial charge is 0.481 e. The number of carboxylic acid groups (broad SMARTS) is 2. The lowest BCUT2D eigenvalue weighted by atomic mass is 10.1. The van der Waals surface area contributed by atoms with Crippen LogP contribution in [-0.2, 0) is 24.0 Å². The molecule has 0 heterocycles. The van der Waals surface area contributed by atoms with Gasteiger partial charge < -0.3 is 47.8 Å². The van der Waals surface area contributed by atoms with E-state index in [9.17, 15) is 34.2 Å². The summed E-state index contributed by atoms with van der Waals surface area (Å²) in [6.07, 6.45) is -2.40. The van der Waals surface area contributed by atoms with E-state index in [2.05, 4.69) is 10.6 Å². The van der Waals surface area contributed by atoms with Gasteiger partial charge in [0.1, 0.15) is 12.1 Å². The fraction of sp³-hybridized carbons (Fsp3) is 0.722. The van der Waals surface area contributed by atoms with Crippen molar-refractivity contribution >= 4 is 29.7 Å². The van der Waals surface area contributed by atoms with Crippen molar-refractivity contribution < 1.29 is 44.4 Å². The van der Waals surface area contributed by atoms with E-state index < -0.39 is 72.5 Å². The number of carbonyl (C=O) groups is 5.